The Bertz CT molecular complexity index is 1470. The van der Waals surface area contributed by atoms with Crippen LogP contribution in [0.1, 0.15) is 49.8 Å². The van der Waals surface area contributed by atoms with Crippen molar-refractivity contribution in [2.45, 2.75) is 65.1 Å². The molecule has 226 valence electrons. The van der Waals surface area contributed by atoms with Gasteiger partial charge in [-0.05, 0) is 61.6 Å². The first-order valence-corrected chi connectivity index (χ1v) is 16.6. The summed E-state index contributed by atoms with van der Waals surface area (Å²) < 4.78 is 26.7. The van der Waals surface area contributed by atoms with Crippen molar-refractivity contribution in [2.24, 2.45) is 0 Å². The first-order valence-electron chi connectivity index (χ1n) is 14.0. The maximum atomic E-state index is 14.0. The number of carbonyl (C=O) groups is 2. The highest BCUT2D eigenvalue weighted by atomic mass is 35.5. The lowest BCUT2D eigenvalue weighted by molar-refractivity contribution is -0.141. The van der Waals surface area contributed by atoms with Gasteiger partial charge in [-0.25, -0.2) is 8.42 Å². The molecule has 0 aliphatic rings. The van der Waals surface area contributed by atoms with Crippen LogP contribution < -0.4 is 9.62 Å². The average molecular weight is 633 g/mol. The van der Waals surface area contributed by atoms with Crippen LogP contribution >= 0.6 is 23.2 Å². The fraction of sp³-hybridized carbons (Fsp3) is 0.375. The summed E-state index contributed by atoms with van der Waals surface area (Å²) in [6, 6.07) is 21.0. The second-order valence-corrected chi connectivity index (χ2v) is 13.3. The van der Waals surface area contributed by atoms with E-state index in [4.69, 9.17) is 23.2 Å². The molecule has 0 unspecified atom stereocenters. The predicted molar refractivity (Wildman–Crippen MR) is 171 cm³/mol. The monoisotopic (exact) mass is 631 g/mol. The molecule has 3 rings (SSSR count). The fourth-order valence-electron chi connectivity index (χ4n) is 4.64. The molecule has 2 atom stereocenters. The van der Waals surface area contributed by atoms with E-state index >= 15 is 0 Å². The molecule has 0 saturated heterocycles. The normalized spacial score (nSPS) is 12.8. The Hall–Kier alpha value is -3.07. The number of nitrogens with zero attached hydrogens (tertiary/aromatic N) is 2. The van der Waals surface area contributed by atoms with E-state index in [1.54, 1.807) is 29.2 Å². The maximum Gasteiger partial charge on any atom is 0.243 e. The van der Waals surface area contributed by atoms with E-state index in [0.29, 0.717) is 27.7 Å². The van der Waals surface area contributed by atoms with E-state index in [1.807, 2.05) is 69.3 Å². The van der Waals surface area contributed by atoms with Crippen molar-refractivity contribution < 1.29 is 18.0 Å². The summed E-state index contributed by atoms with van der Waals surface area (Å²) in [5.74, 6) is -0.521. The molecule has 1 N–H and O–H groups in total. The van der Waals surface area contributed by atoms with Gasteiger partial charge in [0.25, 0.3) is 0 Å². The number of aryl methyl sites for hydroxylation is 1. The average Bonchev–Trinajstić information content (AvgIpc) is 2.95. The smallest absolute Gasteiger partial charge is 0.243 e. The molecule has 0 aliphatic heterocycles. The zero-order valence-corrected chi connectivity index (χ0v) is 26.8. The zero-order valence-electron chi connectivity index (χ0n) is 24.5. The molecule has 0 fully saturated rings. The fourth-order valence-corrected chi connectivity index (χ4v) is 6.02. The Morgan fingerprint density at radius 1 is 0.976 bits per heavy atom. The Balaban J connectivity index is 1.92. The van der Waals surface area contributed by atoms with Gasteiger partial charge >= 0.3 is 0 Å². The predicted octanol–water partition coefficient (Wildman–Crippen LogP) is 6.40. The van der Waals surface area contributed by atoms with Gasteiger partial charge in [-0.15, -0.1) is 0 Å². The quantitative estimate of drug-likeness (QED) is 0.223. The maximum absolute atomic E-state index is 14.0. The van der Waals surface area contributed by atoms with E-state index in [9.17, 15) is 18.0 Å². The first kappa shape index (κ1) is 33.4. The van der Waals surface area contributed by atoms with Crippen LogP contribution in [0.3, 0.4) is 0 Å². The van der Waals surface area contributed by atoms with Gasteiger partial charge < -0.3 is 10.2 Å². The van der Waals surface area contributed by atoms with E-state index in [-0.39, 0.29) is 43.8 Å². The molecule has 0 bridgehead atoms. The number of sulfonamides is 1. The number of carbonyl (C=O) groups excluding carboxylic acids is 2. The molecular weight excluding hydrogens is 593 g/mol. The zero-order chi connectivity index (χ0) is 30.9. The van der Waals surface area contributed by atoms with E-state index in [2.05, 4.69) is 5.32 Å². The molecule has 0 heterocycles. The summed E-state index contributed by atoms with van der Waals surface area (Å²) in [5.41, 5.74) is 2.86. The highest BCUT2D eigenvalue weighted by Crippen LogP contribution is 2.27. The minimum Gasteiger partial charge on any atom is -0.352 e. The van der Waals surface area contributed by atoms with Gasteiger partial charge in [-0.2, -0.15) is 0 Å². The van der Waals surface area contributed by atoms with Gasteiger partial charge in [0, 0.05) is 42.0 Å². The number of benzene rings is 3. The SMILES string of the molecule is CC[C@@H](C)NC(=O)[C@@H](Cc1ccccc1)N(Cc1ccccc1Cl)C(=O)CCCN(c1cc(Cl)ccc1C)S(C)(=O)=O. The lowest BCUT2D eigenvalue weighted by Gasteiger charge is -2.33. The Morgan fingerprint density at radius 3 is 2.29 bits per heavy atom. The van der Waals surface area contributed by atoms with Crippen molar-refractivity contribution in [1.82, 2.24) is 10.2 Å². The first-order chi connectivity index (χ1) is 19.9. The van der Waals surface area contributed by atoms with Crippen LogP contribution in [0.25, 0.3) is 0 Å². The molecule has 42 heavy (non-hydrogen) atoms. The molecule has 0 spiro atoms. The third-order valence-corrected chi connectivity index (χ3v) is 8.95. The van der Waals surface area contributed by atoms with E-state index < -0.39 is 16.1 Å². The Morgan fingerprint density at radius 2 is 1.64 bits per heavy atom. The summed E-state index contributed by atoms with van der Waals surface area (Å²) in [7, 11) is -3.65. The van der Waals surface area contributed by atoms with E-state index in [0.717, 1.165) is 23.8 Å². The highest BCUT2D eigenvalue weighted by molar-refractivity contribution is 7.92. The molecule has 0 saturated carbocycles. The highest BCUT2D eigenvalue weighted by Gasteiger charge is 2.31. The largest absolute Gasteiger partial charge is 0.352 e. The lowest BCUT2D eigenvalue weighted by atomic mass is 10.0. The molecule has 0 aliphatic carbocycles. The summed E-state index contributed by atoms with van der Waals surface area (Å²) in [4.78, 5) is 29.2. The molecule has 3 aromatic carbocycles. The van der Waals surface area contributed by atoms with Gasteiger partial charge in [-0.1, -0.05) is 84.7 Å². The minimum atomic E-state index is -3.65. The molecule has 2 amide bonds. The van der Waals surface area contributed by atoms with Crippen molar-refractivity contribution in [3.63, 3.8) is 0 Å². The number of nitrogens with one attached hydrogen (secondary N) is 1. The number of hydrogen-bond donors (Lipinski definition) is 1. The Kier molecular flexibility index (Phi) is 12.3. The third kappa shape index (κ3) is 9.48. The summed E-state index contributed by atoms with van der Waals surface area (Å²) in [6.45, 7) is 5.93. The molecule has 7 nitrogen and oxygen atoms in total. The van der Waals surface area contributed by atoms with Gasteiger partial charge in [0.15, 0.2) is 0 Å². The second kappa shape index (κ2) is 15.4. The molecule has 0 radical (unpaired) electrons. The van der Waals surface area contributed by atoms with Gasteiger partial charge in [0.2, 0.25) is 21.8 Å². The van der Waals surface area contributed by atoms with Crippen LogP contribution in [0.2, 0.25) is 10.0 Å². The van der Waals surface area contributed by atoms with Crippen molar-refractivity contribution >= 4 is 50.7 Å². The Labute approximate surface area is 259 Å². The summed E-state index contributed by atoms with van der Waals surface area (Å²) in [6.07, 6.45) is 2.46. The number of anilines is 1. The number of amides is 2. The number of halogens is 2. The van der Waals surface area contributed by atoms with Crippen molar-refractivity contribution in [3.8, 4) is 0 Å². The second-order valence-electron chi connectivity index (χ2n) is 10.5. The molecular formula is C32H39Cl2N3O4S. The van der Waals surface area contributed by atoms with Crippen LogP contribution in [0.4, 0.5) is 5.69 Å². The number of rotatable bonds is 14. The van der Waals surface area contributed by atoms with Crippen LogP contribution in [-0.4, -0.2) is 50.0 Å². The van der Waals surface area contributed by atoms with Crippen molar-refractivity contribution in [2.75, 3.05) is 17.1 Å². The standard InChI is InChI=1S/C32H39Cl2N3O4S/c1-5-24(3)35-32(39)30(20-25-12-7-6-8-13-25)36(22-26-14-9-10-15-28(26)34)31(38)16-11-19-37(42(4,40)41)29-21-27(33)18-17-23(29)2/h6-10,12-15,17-18,21,24,30H,5,11,16,19-20,22H2,1-4H3,(H,35,39)/t24-,30-/m1/s1. The van der Waals surface area contributed by atoms with Gasteiger partial charge in [-0.3, -0.25) is 13.9 Å². The number of hydrogen-bond acceptors (Lipinski definition) is 4. The van der Waals surface area contributed by atoms with Crippen LogP contribution in [-0.2, 0) is 32.6 Å². The minimum absolute atomic E-state index is 0.0258. The van der Waals surface area contributed by atoms with Gasteiger partial charge in [0.1, 0.15) is 6.04 Å². The van der Waals surface area contributed by atoms with Gasteiger partial charge in [0.05, 0.1) is 11.9 Å². The van der Waals surface area contributed by atoms with Crippen LogP contribution in [0, 0.1) is 6.92 Å². The van der Waals surface area contributed by atoms with Crippen molar-refractivity contribution in [1.29, 1.82) is 0 Å². The molecule has 3 aromatic rings. The lowest BCUT2D eigenvalue weighted by Crippen LogP contribution is -2.52. The third-order valence-electron chi connectivity index (χ3n) is 7.16. The topological polar surface area (TPSA) is 86.8 Å². The molecule has 0 aromatic heterocycles. The van der Waals surface area contributed by atoms with E-state index in [1.165, 1.54) is 4.31 Å². The van der Waals surface area contributed by atoms with Crippen LogP contribution in [0.15, 0.2) is 72.8 Å². The molecule has 10 heteroatoms. The van der Waals surface area contributed by atoms with Crippen LogP contribution in [0.5, 0.6) is 0 Å². The summed E-state index contributed by atoms with van der Waals surface area (Å²) in [5, 5.41) is 3.96. The summed E-state index contributed by atoms with van der Waals surface area (Å²) >= 11 is 12.7. The van der Waals surface area contributed by atoms with Crippen molar-refractivity contribution in [3.05, 3.63) is 99.5 Å².